The summed E-state index contributed by atoms with van der Waals surface area (Å²) in [5.41, 5.74) is 3.01. The number of hydrogen-bond donors (Lipinski definition) is 1. The third kappa shape index (κ3) is 4.25. The predicted octanol–water partition coefficient (Wildman–Crippen LogP) is 3.29. The van der Waals surface area contributed by atoms with Gasteiger partial charge in [-0.2, -0.15) is 0 Å². The molecule has 0 amide bonds. The highest BCUT2D eigenvalue weighted by atomic mass is 79.9. The number of fused-ring (bicyclic) bond motifs is 2. The van der Waals surface area contributed by atoms with Crippen LogP contribution in [0.5, 0.6) is 0 Å². The lowest BCUT2D eigenvalue weighted by atomic mass is 9.83. The number of nitrogens with one attached hydrogen (secondary N) is 1. The van der Waals surface area contributed by atoms with Gasteiger partial charge in [-0.3, -0.25) is 9.59 Å². The Labute approximate surface area is 158 Å². The standard InChI is InChI=1S/C15H9BrO2.C6H15N/c16-8-9-5-6-12-13(7-9)15(18)11-4-2-1-3-10(11)14(12)17;1-4-7(5-2)6-3/h1-7H,8H2;4-6H2,1-3H3/p+1. The van der Waals surface area contributed by atoms with Crippen LogP contribution in [0, 0.1) is 0 Å². The lowest BCUT2D eigenvalue weighted by Gasteiger charge is -2.17. The fourth-order valence-corrected chi connectivity index (χ4v) is 3.33. The Morgan fingerprint density at radius 1 is 0.760 bits per heavy atom. The molecule has 132 valence electrons. The molecule has 3 nitrogen and oxygen atoms in total. The fraction of sp³-hybridized carbons (Fsp3) is 0.333. The first-order valence-corrected chi connectivity index (χ1v) is 9.90. The minimum atomic E-state index is -0.0682. The Hall–Kier alpha value is -1.78. The van der Waals surface area contributed by atoms with E-state index in [1.165, 1.54) is 19.6 Å². The van der Waals surface area contributed by atoms with Gasteiger partial charge in [0, 0.05) is 27.6 Å². The van der Waals surface area contributed by atoms with Gasteiger partial charge in [-0.05, 0) is 38.5 Å². The Balaban J connectivity index is 0.000000277. The molecule has 0 saturated carbocycles. The number of rotatable bonds is 4. The topological polar surface area (TPSA) is 38.6 Å². The molecule has 0 fully saturated rings. The summed E-state index contributed by atoms with van der Waals surface area (Å²) in [6, 6.07) is 12.4. The Morgan fingerprint density at radius 3 is 1.68 bits per heavy atom. The molecule has 3 rings (SSSR count). The van der Waals surface area contributed by atoms with Crippen molar-refractivity contribution >= 4 is 27.5 Å². The molecular weight excluding hydrogens is 378 g/mol. The summed E-state index contributed by atoms with van der Waals surface area (Å²) in [6.45, 7) is 10.5. The van der Waals surface area contributed by atoms with E-state index in [1.807, 2.05) is 6.07 Å². The van der Waals surface area contributed by atoms with E-state index < -0.39 is 0 Å². The first kappa shape index (κ1) is 19.5. The van der Waals surface area contributed by atoms with Crippen LogP contribution in [-0.4, -0.2) is 31.2 Å². The normalized spacial score (nSPS) is 12.4. The van der Waals surface area contributed by atoms with Crippen LogP contribution in [0.2, 0.25) is 0 Å². The van der Waals surface area contributed by atoms with E-state index in [9.17, 15) is 9.59 Å². The Kier molecular flexibility index (Phi) is 7.09. The number of carbonyl (C=O) groups is 2. The average Bonchev–Trinajstić information content (AvgIpc) is 2.67. The van der Waals surface area contributed by atoms with Gasteiger partial charge in [0.15, 0.2) is 11.6 Å². The number of halogens is 1. The van der Waals surface area contributed by atoms with Crippen molar-refractivity contribution in [3.63, 3.8) is 0 Å². The summed E-state index contributed by atoms with van der Waals surface area (Å²) >= 11 is 3.36. The molecule has 0 heterocycles. The number of benzene rings is 2. The summed E-state index contributed by atoms with van der Waals surface area (Å²) in [4.78, 5) is 26.3. The number of hydrogen-bond acceptors (Lipinski definition) is 2. The molecule has 0 atom stereocenters. The first-order chi connectivity index (χ1) is 12.1. The average molecular weight is 403 g/mol. The van der Waals surface area contributed by atoms with Crippen molar-refractivity contribution in [2.45, 2.75) is 26.1 Å². The smallest absolute Gasteiger partial charge is 0.194 e. The summed E-state index contributed by atoms with van der Waals surface area (Å²) < 4.78 is 0. The third-order valence-corrected chi connectivity index (χ3v) is 5.29. The summed E-state index contributed by atoms with van der Waals surface area (Å²) in [6.07, 6.45) is 0. The molecule has 0 saturated heterocycles. The molecule has 4 heteroatoms. The molecule has 0 bridgehead atoms. The van der Waals surface area contributed by atoms with Gasteiger partial charge >= 0.3 is 0 Å². The minimum absolute atomic E-state index is 0.0667. The fourth-order valence-electron chi connectivity index (χ4n) is 2.98. The molecular formula is C21H25BrNO2+. The third-order valence-electron chi connectivity index (χ3n) is 4.64. The van der Waals surface area contributed by atoms with Crippen LogP contribution in [0.4, 0.5) is 0 Å². The second-order valence-electron chi connectivity index (χ2n) is 6.03. The number of ketones is 2. The largest absolute Gasteiger partial charge is 0.336 e. The molecule has 0 unspecified atom stereocenters. The SMILES string of the molecule is CC[NH+](CC)CC.O=C1c2ccccc2C(=O)c2cc(CBr)ccc21. The van der Waals surface area contributed by atoms with Gasteiger partial charge in [0.1, 0.15) is 0 Å². The highest BCUT2D eigenvalue weighted by molar-refractivity contribution is 9.08. The zero-order valence-electron chi connectivity index (χ0n) is 15.1. The van der Waals surface area contributed by atoms with Gasteiger partial charge in [-0.1, -0.05) is 46.3 Å². The zero-order valence-corrected chi connectivity index (χ0v) is 16.7. The zero-order chi connectivity index (χ0) is 18.4. The van der Waals surface area contributed by atoms with Crippen molar-refractivity contribution in [2.75, 3.05) is 19.6 Å². The lowest BCUT2D eigenvalue weighted by Crippen LogP contribution is -3.11. The lowest BCUT2D eigenvalue weighted by molar-refractivity contribution is -0.894. The van der Waals surface area contributed by atoms with E-state index in [0.29, 0.717) is 27.6 Å². The van der Waals surface area contributed by atoms with E-state index in [0.717, 1.165) is 5.56 Å². The molecule has 2 aromatic carbocycles. The van der Waals surface area contributed by atoms with Gasteiger partial charge in [0.05, 0.1) is 19.6 Å². The van der Waals surface area contributed by atoms with Crippen LogP contribution in [0.3, 0.4) is 0 Å². The van der Waals surface area contributed by atoms with E-state index in [1.54, 1.807) is 41.3 Å². The van der Waals surface area contributed by atoms with Gasteiger partial charge < -0.3 is 4.90 Å². The van der Waals surface area contributed by atoms with Crippen LogP contribution < -0.4 is 4.90 Å². The summed E-state index contributed by atoms with van der Waals surface area (Å²) in [5.74, 6) is -0.135. The van der Waals surface area contributed by atoms with Gasteiger partial charge in [0.2, 0.25) is 0 Å². The monoisotopic (exact) mass is 402 g/mol. The number of alkyl halides is 1. The van der Waals surface area contributed by atoms with Crippen LogP contribution in [0.15, 0.2) is 42.5 Å². The predicted molar refractivity (Wildman–Crippen MR) is 105 cm³/mol. The van der Waals surface area contributed by atoms with Crippen LogP contribution in [0.25, 0.3) is 0 Å². The van der Waals surface area contributed by atoms with Crippen molar-refractivity contribution in [3.8, 4) is 0 Å². The highest BCUT2D eigenvalue weighted by Gasteiger charge is 2.29. The van der Waals surface area contributed by atoms with E-state index in [2.05, 4.69) is 36.7 Å². The van der Waals surface area contributed by atoms with E-state index in [-0.39, 0.29) is 11.6 Å². The maximum Gasteiger partial charge on any atom is 0.194 e. The van der Waals surface area contributed by atoms with Crippen molar-refractivity contribution < 1.29 is 14.5 Å². The van der Waals surface area contributed by atoms with Crippen LogP contribution >= 0.6 is 15.9 Å². The van der Waals surface area contributed by atoms with E-state index in [4.69, 9.17) is 0 Å². The Bertz CT molecular complexity index is 761. The van der Waals surface area contributed by atoms with E-state index >= 15 is 0 Å². The molecule has 25 heavy (non-hydrogen) atoms. The quantitative estimate of drug-likeness (QED) is 0.679. The van der Waals surface area contributed by atoms with Gasteiger partial charge in [-0.25, -0.2) is 0 Å². The van der Waals surface area contributed by atoms with Crippen molar-refractivity contribution in [1.82, 2.24) is 0 Å². The van der Waals surface area contributed by atoms with Gasteiger partial charge in [-0.15, -0.1) is 0 Å². The van der Waals surface area contributed by atoms with Crippen molar-refractivity contribution in [2.24, 2.45) is 0 Å². The second kappa shape index (κ2) is 9.07. The maximum atomic E-state index is 12.4. The first-order valence-electron chi connectivity index (χ1n) is 8.78. The van der Waals surface area contributed by atoms with Crippen molar-refractivity contribution in [3.05, 3.63) is 70.3 Å². The van der Waals surface area contributed by atoms with Crippen LogP contribution in [0.1, 0.15) is 58.2 Å². The molecule has 0 spiro atoms. The molecule has 1 aliphatic carbocycles. The maximum absolute atomic E-state index is 12.4. The molecule has 1 aliphatic rings. The number of carbonyl (C=O) groups excluding carboxylic acids is 2. The number of quaternary nitrogens is 1. The summed E-state index contributed by atoms with van der Waals surface area (Å²) in [7, 11) is 0. The molecule has 0 aromatic heterocycles. The minimum Gasteiger partial charge on any atom is -0.336 e. The van der Waals surface area contributed by atoms with Crippen molar-refractivity contribution in [1.29, 1.82) is 0 Å². The molecule has 2 aromatic rings. The molecule has 1 N–H and O–H groups in total. The highest BCUT2D eigenvalue weighted by Crippen LogP contribution is 2.28. The van der Waals surface area contributed by atoms with Gasteiger partial charge in [0.25, 0.3) is 0 Å². The Morgan fingerprint density at radius 2 is 1.24 bits per heavy atom. The van der Waals surface area contributed by atoms with Crippen LogP contribution in [-0.2, 0) is 5.33 Å². The molecule has 0 radical (unpaired) electrons. The molecule has 0 aliphatic heterocycles. The second-order valence-corrected chi connectivity index (χ2v) is 6.59. The summed E-state index contributed by atoms with van der Waals surface area (Å²) in [5, 5.41) is 0.670.